The van der Waals surface area contributed by atoms with E-state index in [1.54, 1.807) is 24.3 Å². The lowest BCUT2D eigenvalue weighted by atomic mass is 10.1. The number of para-hydroxylation sites is 1. The van der Waals surface area contributed by atoms with Crippen LogP contribution in [0.3, 0.4) is 0 Å². The van der Waals surface area contributed by atoms with Crippen LogP contribution >= 0.6 is 11.6 Å². The zero-order chi connectivity index (χ0) is 19.2. The number of hydrogen-bond donors (Lipinski definition) is 1. The molecule has 8 heteroatoms. The van der Waals surface area contributed by atoms with E-state index in [9.17, 15) is 22.8 Å². The van der Waals surface area contributed by atoms with Gasteiger partial charge in [0.05, 0.1) is 16.3 Å². The Morgan fingerprint density at radius 1 is 1.08 bits per heavy atom. The SMILES string of the molecule is O=C(COC(=O)/C=C/c1ccc(C(F)(F)F)cc1)Nc1ccccc1Cl. The van der Waals surface area contributed by atoms with Crippen LogP contribution in [0.4, 0.5) is 18.9 Å². The minimum Gasteiger partial charge on any atom is -0.452 e. The number of rotatable bonds is 5. The number of amides is 1. The molecule has 4 nitrogen and oxygen atoms in total. The summed E-state index contributed by atoms with van der Waals surface area (Å²) in [5.74, 6) is -1.38. The zero-order valence-electron chi connectivity index (χ0n) is 13.2. The van der Waals surface area contributed by atoms with Crippen molar-refractivity contribution in [1.29, 1.82) is 0 Å². The monoisotopic (exact) mass is 383 g/mol. The van der Waals surface area contributed by atoms with Gasteiger partial charge in [-0.1, -0.05) is 35.9 Å². The molecule has 136 valence electrons. The van der Waals surface area contributed by atoms with E-state index in [2.05, 4.69) is 5.32 Å². The number of benzene rings is 2. The van der Waals surface area contributed by atoms with Crippen molar-refractivity contribution in [2.24, 2.45) is 0 Å². The smallest absolute Gasteiger partial charge is 0.416 e. The molecule has 0 bridgehead atoms. The molecule has 0 unspecified atom stereocenters. The fourth-order valence-electron chi connectivity index (χ4n) is 1.88. The van der Waals surface area contributed by atoms with Crippen LogP contribution in [0.1, 0.15) is 11.1 Å². The van der Waals surface area contributed by atoms with Gasteiger partial charge in [-0.3, -0.25) is 4.79 Å². The summed E-state index contributed by atoms with van der Waals surface area (Å²) in [6.45, 7) is -0.526. The molecule has 2 aromatic rings. The zero-order valence-corrected chi connectivity index (χ0v) is 14.0. The summed E-state index contributed by atoms with van der Waals surface area (Å²) in [6, 6.07) is 10.8. The number of carbonyl (C=O) groups is 2. The number of ether oxygens (including phenoxy) is 1. The van der Waals surface area contributed by atoms with Crippen LogP contribution in [0.25, 0.3) is 6.08 Å². The predicted molar refractivity (Wildman–Crippen MR) is 91.5 cm³/mol. The maximum absolute atomic E-state index is 12.5. The first-order valence-electron chi connectivity index (χ1n) is 7.32. The first kappa shape index (κ1) is 19.5. The van der Waals surface area contributed by atoms with Crippen molar-refractivity contribution in [3.63, 3.8) is 0 Å². The Bertz CT molecular complexity index is 817. The molecular formula is C18H13ClF3NO3. The number of hydrogen-bond acceptors (Lipinski definition) is 3. The summed E-state index contributed by atoms with van der Waals surface area (Å²) in [6.07, 6.45) is -2.12. The van der Waals surface area contributed by atoms with Crippen LogP contribution in [0, 0.1) is 0 Å². The molecule has 0 atom stereocenters. The molecular weight excluding hydrogens is 371 g/mol. The van der Waals surface area contributed by atoms with Gasteiger partial charge in [0.2, 0.25) is 0 Å². The normalized spacial score (nSPS) is 11.4. The van der Waals surface area contributed by atoms with Crippen molar-refractivity contribution < 1.29 is 27.5 Å². The first-order chi connectivity index (χ1) is 12.3. The molecule has 0 radical (unpaired) electrons. The summed E-state index contributed by atoms with van der Waals surface area (Å²) >= 11 is 5.88. The van der Waals surface area contributed by atoms with Gasteiger partial charge < -0.3 is 10.1 Å². The van der Waals surface area contributed by atoms with E-state index in [-0.39, 0.29) is 0 Å². The fraction of sp³-hybridized carbons (Fsp3) is 0.111. The predicted octanol–water partition coefficient (Wildman–Crippen LogP) is 4.55. The van der Waals surface area contributed by atoms with Gasteiger partial charge >= 0.3 is 12.1 Å². The van der Waals surface area contributed by atoms with Gasteiger partial charge in [0.15, 0.2) is 6.61 Å². The number of carbonyl (C=O) groups excluding carboxylic acids is 2. The Morgan fingerprint density at radius 2 is 1.73 bits per heavy atom. The fourth-order valence-corrected chi connectivity index (χ4v) is 2.06. The Morgan fingerprint density at radius 3 is 2.35 bits per heavy atom. The molecule has 0 heterocycles. The molecule has 2 aromatic carbocycles. The highest BCUT2D eigenvalue weighted by molar-refractivity contribution is 6.33. The van der Waals surface area contributed by atoms with Crippen LogP contribution in [0.15, 0.2) is 54.6 Å². The summed E-state index contributed by atoms with van der Waals surface area (Å²) in [7, 11) is 0. The maximum Gasteiger partial charge on any atom is 0.416 e. The maximum atomic E-state index is 12.5. The van der Waals surface area contributed by atoms with Crippen LogP contribution < -0.4 is 5.32 Å². The largest absolute Gasteiger partial charge is 0.452 e. The Labute approximate surface area is 152 Å². The van der Waals surface area contributed by atoms with E-state index in [4.69, 9.17) is 16.3 Å². The Hall–Kier alpha value is -2.80. The third kappa shape index (κ3) is 5.93. The second-order valence-corrected chi connectivity index (χ2v) is 5.50. The van der Waals surface area contributed by atoms with Gasteiger partial charge in [0.25, 0.3) is 5.91 Å². The summed E-state index contributed by atoms with van der Waals surface area (Å²) in [5.41, 5.74) is -0.0144. The average Bonchev–Trinajstić information content (AvgIpc) is 2.60. The van der Waals surface area contributed by atoms with Gasteiger partial charge in [-0.25, -0.2) is 4.79 Å². The average molecular weight is 384 g/mol. The van der Waals surface area contributed by atoms with Gasteiger partial charge in [-0.05, 0) is 35.9 Å². The first-order valence-corrected chi connectivity index (χ1v) is 7.70. The highest BCUT2D eigenvalue weighted by Crippen LogP contribution is 2.29. The molecule has 0 aliphatic heterocycles. The van der Waals surface area contributed by atoms with Gasteiger partial charge in [-0.15, -0.1) is 0 Å². The van der Waals surface area contributed by atoms with E-state index in [1.165, 1.54) is 18.2 Å². The third-order valence-corrected chi connectivity index (χ3v) is 3.47. The summed E-state index contributed by atoms with van der Waals surface area (Å²) < 4.78 is 42.1. The van der Waals surface area contributed by atoms with E-state index in [1.807, 2.05) is 0 Å². The molecule has 2 rings (SSSR count). The lowest BCUT2D eigenvalue weighted by Crippen LogP contribution is -2.20. The van der Waals surface area contributed by atoms with Crippen LogP contribution in [-0.4, -0.2) is 18.5 Å². The molecule has 1 amide bonds. The van der Waals surface area contributed by atoms with Crippen molar-refractivity contribution in [2.45, 2.75) is 6.18 Å². The highest BCUT2D eigenvalue weighted by Gasteiger charge is 2.29. The molecule has 0 fully saturated rings. The molecule has 0 aliphatic carbocycles. The van der Waals surface area contributed by atoms with Gasteiger partial charge in [0.1, 0.15) is 0 Å². The van der Waals surface area contributed by atoms with Crippen molar-refractivity contribution in [3.05, 3.63) is 70.8 Å². The van der Waals surface area contributed by atoms with Crippen LogP contribution in [-0.2, 0) is 20.5 Å². The molecule has 0 saturated heterocycles. The lowest BCUT2D eigenvalue weighted by Gasteiger charge is -2.07. The summed E-state index contributed by atoms with van der Waals surface area (Å²) in [5, 5.41) is 2.82. The highest BCUT2D eigenvalue weighted by atomic mass is 35.5. The minimum absolute atomic E-state index is 0.342. The third-order valence-electron chi connectivity index (χ3n) is 3.14. The lowest BCUT2D eigenvalue weighted by molar-refractivity contribution is -0.142. The number of anilines is 1. The number of halogens is 4. The van der Waals surface area contributed by atoms with E-state index < -0.39 is 30.2 Å². The van der Waals surface area contributed by atoms with Crippen LogP contribution in [0.5, 0.6) is 0 Å². The van der Waals surface area contributed by atoms with E-state index in [0.29, 0.717) is 16.3 Å². The van der Waals surface area contributed by atoms with Crippen molar-refractivity contribution in [1.82, 2.24) is 0 Å². The van der Waals surface area contributed by atoms with Gasteiger partial charge in [-0.2, -0.15) is 13.2 Å². The molecule has 26 heavy (non-hydrogen) atoms. The van der Waals surface area contributed by atoms with Gasteiger partial charge in [0, 0.05) is 6.08 Å². The van der Waals surface area contributed by atoms with Crippen molar-refractivity contribution in [2.75, 3.05) is 11.9 Å². The molecule has 0 aliphatic rings. The Kier molecular flexibility index (Phi) is 6.41. The summed E-state index contributed by atoms with van der Waals surface area (Å²) in [4.78, 5) is 23.3. The quantitative estimate of drug-likeness (QED) is 0.608. The second-order valence-electron chi connectivity index (χ2n) is 5.09. The number of esters is 1. The second kappa shape index (κ2) is 8.53. The van der Waals surface area contributed by atoms with E-state index in [0.717, 1.165) is 18.2 Å². The van der Waals surface area contributed by atoms with Crippen molar-refractivity contribution >= 4 is 35.2 Å². The molecule has 0 aromatic heterocycles. The van der Waals surface area contributed by atoms with E-state index >= 15 is 0 Å². The minimum atomic E-state index is -4.42. The number of alkyl halides is 3. The molecule has 0 saturated carbocycles. The number of nitrogens with one attached hydrogen (secondary N) is 1. The standard InChI is InChI=1S/C18H13ClF3NO3/c19-14-3-1-2-4-15(14)23-16(24)11-26-17(25)10-7-12-5-8-13(9-6-12)18(20,21)22/h1-10H,11H2,(H,23,24)/b10-7+. The van der Waals surface area contributed by atoms with Crippen LogP contribution in [0.2, 0.25) is 5.02 Å². The topological polar surface area (TPSA) is 55.4 Å². The molecule has 1 N–H and O–H groups in total. The Balaban J connectivity index is 1.83. The molecule has 0 spiro atoms. The van der Waals surface area contributed by atoms with Crippen molar-refractivity contribution in [3.8, 4) is 0 Å².